The van der Waals surface area contributed by atoms with Crippen molar-refractivity contribution in [2.75, 3.05) is 0 Å². The average molecular weight is 341 g/mol. The van der Waals surface area contributed by atoms with Crippen LogP contribution in [0.25, 0.3) is 0 Å². The Morgan fingerprint density at radius 3 is 1.79 bits per heavy atom. The molecule has 2 unspecified atom stereocenters. The second kappa shape index (κ2) is 13.3. The minimum absolute atomic E-state index is 0.00417. The van der Waals surface area contributed by atoms with Crippen molar-refractivity contribution in [2.24, 2.45) is 0 Å². The summed E-state index contributed by atoms with van der Waals surface area (Å²) in [5.41, 5.74) is 0. The lowest BCUT2D eigenvalue weighted by Gasteiger charge is -2.25. The second-order valence-corrected chi connectivity index (χ2v) is 7.02. The molecule has 4 nitrogen and oxygen atoms in total. The zero-order chi connectivity index (χ0) is 17.6. The molecule has 0 aromatic heterocycles. The van der Waals surface area contributed by atoms with Gasteiger partial charge in [-0.25, -0.2) is 0 Å². The van der Waals surface area contributed by atoms with Crippen molar-refractivity contribution in [2.45, 2.75) is 116 Å². The first-order valence-corrected chi connectivity index (χ1v) is 10.0. The normalized spacial score (nSPS) is 22.2. The van der Waals surface area contributed by atoms with Crippen LogP contribution in [0.15, 0.2) is 0 Å². The molecule has 0 spiro atoms. The third kappa shape index (κ3) is 9.94. The molecule has 24 heavy (non-hydrogen) atoms. The molecular formula is C20H36O4. The van der Waals surface area contributed by atoms with E-state index in [0.717, 1.165) is 19.3 Å². The predicted molar refractivity (Wildman–Crippen MR) is 95.7 cm³/mol. The molecule has 2 rings (SSSR count). The van der Waals surface area contributed by atoms with E-state index in [0.29, 0.717) is 12.8 Å². The number of carbonyl (C=O) groups excluding carboxylic acids is 2. The smallest absolute Gasteiger partial charge is 0.309 e. The van der Waals surface area contributed by atoms with E-state index in [1.807, 2.05) is 0 Å². The lowest BCUT2D eigenvalue weighted by atomic mass is 10.0. The van der Waals surface area contributed by atoms with E-state index in [1.54, 1.807) is 0 Å². The van der Waals surface area contributed by atoms with E-state index in [2.05, 4.69) is 13.8 Å². The van der Waals surface area contributed by atoms with Gasteiger partial charge in [0.25, 0.3) is 0 Å². The van der Waals surface area contributed by atoms with E-state index in [-0.39, 0.29) is 24.1 Å². The zero-order valence-electron chi connectivity index (χ0n) is 15.7. The largest absolute Gasteiger partial charge is 0.462 e. The number of hydrogen-bond donors (Lipinski definition) is 0. The molecule has 2 heterocycles. The second-order valence-electron chi connectivity index (χ2n) is 7.02. The summed E-state index contributed by atoms with van der Waals surface area (Å²) < 4.78 is 10.0. The fraction of sp³-hybridized carbons (Fsp3) is 0.900. The van der Waals surface area contributed by atoms with Crippen LogP contribution in [0.2, 0.25) is 0 Å². The molecule has 0 bridgehead atoms. The van der Waals surface area contributed by atoms with E-state index < -0.39 is 0 Å². The van der Waals surface area contributed by atoms with E-state index in [4.69, 9.17) is 9.47 Å². The number of unbranched alkanes of at least 4 members (excludes halogenated alkanes) is 7. The van der Waals surface area contributed by atoms with Gasteiger partial charge in [0, 0.05) is 6.42 Å². The summed E-state index contributed by atoms with van der Waals surface area (Å²) in [5, 5.41) is 0. The molecule has 2 fully saturated rings. The van der Waals surface area contributed by atoms with Gasteiger partial charge in [0.05, 0.1) is 6.42 Å². The first-order chi connectivity index (χ1) is 11.7. The summed E-state index contributed by atoms with van der Waals surface area (Å²) in [6, 6.07) is 0. The fourth-order valence-electron chi connectivity index (χ4n) is 3.08. The number of cyclic esters (lactones) is 2. The van der Waals surface area contributed by atoms with Crippen LogP contribution in [0.3, 0.4) is 0 Å². The van der Waals surface area contributed by atoms with Gasteiger partial charge in [-0.1, -0.05) is 58.8 Å². The average Bonchev–Trinajstić information content (AvgIpc) is 2.95. The zero-order valence-corrected chi connectivity index (χ0v) is 15.7. The van der Waals surface area contributed by atoms with Crippen LogP contribution in [0, 0.1) is 0 Å². The Morgan fingerprint density at radius 1 is 0.750 bits per heavy atom. The third-order valence-electron chi connectivity index (χ3n) is 4.67. The quantitative estimate of drug-likeness (QED) is 0.377. The molecule has 2 aliphatic heterocycles. The molecule has 0 N–H and O–H groups in total. The summed E-state index contributed by atoms with van der Waals surface area (Å²) in [4.78, 5) is 21.1. The van der Waals surface area contributed by atoms with Crippen molar-refractivity contribution in [1.29, 1.82) is 0 Å². The SMILES string of the molecule is CCCCCCC1CCC(=O)O1.CCCCCCCC1CC(=O)O1. The Bertz CT molecular complexity index is 346. The van der Waals surface area contributed by atoms with Crippen LogP contribution in [0.5, 0.6) is 0 Å². The number of hydrogen-bond acceptors (Lipinski definition) is 4. The van der Waals surface area contributed by atoms with Crippen LogP contribution in [-0.2, 0) is 19.1 Å². The summed E-state index contributed by atoms with van der Waals surface area (Å²) in [6.45, 7) is 4.42. The van der Waals surface area contributed by atoms with E-state index >= 15 is 0 Å². The first-order valence-electron chi connectivity index (χ1n) is 10.0. The Labute approximate surface area is 147 Å². The molecule has 4 heteroatoms. The summed E-state index contributed by atoms with van der Waals surface area (Å²) in [7, 11) is 0. The molecule has 0 radical (unpaired) electrons. The van der Waals surface area contributed by atoms with Crippen LogP contribution in [-0.4, -0.2) is 24.1 Å². The monoisotopic (exact) mass is 340 g/mol. The molecule has 0 aromatic rings. The van der Waals surface area contributed by atoms with Gasteiger partial charge in [0.2, 0.25) is 0 Å². The van der Waals surface area contributed by atoms with Crippen molar-refractivity contribution >= 4 is 11.9 Å². The Hall–Kier alpha value is -1.06. The van der Waals surface area contributed by atoms with Crippen molar-refractivity contribution in [1.82, 2.24) is 0 Å². The standard InChI is InChI=1S/2C10H18O2/c1-2-3-4-5-6-9-7-8-10(11)12-9;1-2-3-4-5-6-7-9-8-10(11)12-9/h2*9H,2-8H2,1H3. The van der Waals surface area contributed by atoms with Gasteiger partial charge >= 0.3 is 11.9 Å². The topological polar surface area (TPSA) is 52.6 Å². The lowest BCUT2D eigenvalue weighted by molar-refractivity contribution is -0.169. The highest BCUT2D eigenvalue weighted by atomic mass is 16.6. The van der Waals surface area contributed by atoms with Gasteiger partial charge in [0.15, 0.2) is 0 Å². The van der Waals surface area contributed by atoms with Gasteiger partial charge in [-0.2, -0.15) is 0 Å². The summed E-state index contributed by atoms with van der Waals surface area (Å²) in [6.07, 6.45) is 16.5. The minimum atomic E-state index is -0.0199. The van der Waals surface area contributed by atoms with E-state index in [1.165, 1.54) is 57.8 Å². The predicted octanol–water partition coefficient (Wildman–Crippen LogP) is 5.32. The lowest BCUT2D eigenvalue weighted by Crippen LogP contribution is -2.32. The van der Waals surface area contributed by atoms with Gasteiger partial charge in [-0.05, 0) is 32.1 Å². The summed E-state index contributed by atoms with van der Waals surface area (Å²) >= 11 is 0. The maximum atomic E-state index is 10.7. The molecular weight excluding hydrogens is 304 g/mol. The molecule has 0 amide bonds. The molecule has 0 aliphatic carbocycles. The molecule has 2 atom stereocenters. The Kier molecular flexibility index (Phi) is 11.6. The molecule has 140 valence electrons. The maximum absolute atomic E-state index is 10.7. The van der Waals surface area contributed by atoms with E-state index in [9.17, 15) is 9.59 Å². The maximum Gasteiger partial charge on any atom is 0.309 e. The third-order valence-corrected chi connectivity index (χ3v) is 4.67. The molecule has 0 saturated carbocycles. The Morgan fingerprint density at radius 2 is 1.29 bits per heavy atom. The van der Waals surface area contributed by atoms with Crippen molar-refractivity contribution in [3.8, 4) is 0 Å². The van der Waals surface area contributed by atoms with Crippen LogP contribution >= 0.6 is 0 Å². The van der Waals surface area contributed by atoms with Crippen molar-refractivity contribution in [3.63, 3.8) is 0 Å². The van der Waals surface area contributed by atoms with Gasteiger partial charge in [-0.3, -0.25) is 9.59 Å². The highest BCUT2D eigenvalue weighted by molar-refractivity contribution is 5.75. The Balaban J connectivity index is 0.000000240. The van der Waals surface area contributed by atoms with Crippen LogP contribution < -0.4 is 0 Å². The molecule has 2 saturated heterocycles. The highest BCUT2D eigenvalue weighted by Crippen LogP contribution is 2.20. The van der Waals surface area contributed by atoms with Crippen molar-refractivity contribution in [3.05, 3.63) is 0 Å². The molecule has 0 aromatic carbocycles. The first kappa shape index (κ1) is 21.0. The number of carbonyl (C=O) groups is 2. The van der Waals surface area contributed by atoms with Crippen LogP contribution in [0.4, 0.5) is 0 Å². The van der Waals surface area contributed by atoms with Crippen molar-refractivity contribution < 1.29 is 19.1 Å². The molecule has 2 aliphatic rings. The number of ether oxygens (including phenoxy) is 2. The van der Waals surface area contributed by atoms with Gasteiger partial charge in [0.1, 0.15) is 12.2 Å². The summed E-state index contributed by atoms with van der Waals surface area (Å²) in [5.74, 6) is -0.0240. The minimum Gasteiger partial charge on any atom is -0.462 e. The number of esters is 2. The fourth-order valence-corrected chi connectivity index (χ4v) is 3.08. The van der Waals surface area contributed by atoms with Gasteiger partial charge < -0.3 is 9.47 Å². The van der Waals surface area contributed by atoms with Crippen LogP contribution in [0.1, 0.15) is 104 Å². The highest BCUT2D eigenvalue weighted by Gasteiger charge is 2.27. The number of rotatable bonds is 11. The van der Waals surface area contributed by atoms with Gasteiger partial charge in [-0.15, -0.1) is 0 Å².